The molecule has 364 valence electrons. The van der Waals surface area contributed by atoms with Crippen LogP contribution in [0.5, 0.6) is 0 Å². The molecule has 0 radical (unpaired) electrons. The summed E-state index contributed by atoms with van der Waals surface area (Å²) in [6, 6.07) is 89.5. The minimum absolute atomic E-state index is 0.192. The van der Waals surface area contributed by atoms with Gasteiger partial charge in [-0.1, -0.05) is 0 Å². The van der Waals surface area contributed by atoms with Crippen LogP contribution in [-0.4, -0.2) is 58.9 Å². The van der Waals surface area contributed by atoms with Crippen molar-refractivity contribution < 1.29 is 0 Å². The van der Waals surface area contributed by atoms with Crippen molar-refractivity contribution in [3.63, 3.8) is 0 Å². The zero-order valence-corrected chi connectivity index (χ0v) is 45.2. The Kier molecular flexibility index (Phi) is 11.5. The predicted molar refractivity (Wildman–Crippen MR) is 326 cm³/mol. The third kappa shape index (κ3) is 8.10. The van der Waals surface area contributed by atoms with Gasteiger partial charge in [0.1, 0.15) is 0 Å². The molecule has 78 heavy (non-hydrogen) atoms. The standard InChI is InChI=1S/2C35H21N3Se/c1-2-11-23(12-3-1)33-36-34(29-17-8-15-25-24-13-5-4-10-22(24)20-21-26(25)29)38-35(37-33)30-18-9-16-28-27-14-6-7-19-31(27)39-32(28)30;1-2-11-22(12-3-1)33-36-34(29-19-10-18-28-27-17-8-9-20-31(27)39-32(28)29)38-35(37-33)30-21-23-13-4-5-14-24(23)25-15-6-7-16-26(25)30/h2*1-21H. The summed E-state index contributed by atoms with van der Waals surface area (Å²) in [5.41, 5.74) is 6.18. The van der Waals surface area contributed by atoms with Crippen LogP contribution in [-0.2, 0) is 0 Å². The molecule has 0 fully saturated rings. The number of benzene rings is 12. The number of fused-ring (bicyclic) bond motifs is 12. The fourth-order valence-corrected chi connectivity index (χ4v) is 16.1. The van der Waals surface area contributed by atoms with E-state index in [2.05, 4.69) is 218 Å². The molecule has 0 atom stereocenters. The number of aromatic nitrogens is 6. The Hall–Kier alpha value is -9.26. The van der Waals surface area contributed by atoms with Crippen LogP contribution in [0.3, 0.4) is 0 Å². The molecule has 16 aromatic rings. The average Bonchev–Trinajstić information content (AvgIpc) is 4.24. The van der Waals surface area contributed by atoms with Gasteiger partial charge >= 0.3 is 464 Å². The molecular weight excluding hydrogens is 1080 g/mol. The number of rotatable bonds is 6. The number of hydrogen-bond acceptors (Lipinski definition) is 6. The van der Waals surface area contributed by atoms with Crippen LogP contribution in [0.4, 0.5) is 0 Å². The van der Waals surface area contributed by atoms with Gasteiger partial charge in [0, 0.05) is 0 Å². The molecule has 6 nitrogen and oxygen atoms in total. The number of hydrogen-bond donors (Lipinski definition) is 0. The summed E-state index contributed by atoms with van der Waals surface area (Å²) in [7, 11) is 0. The number of nitrogens with zero attached hydrogens (tertiary/aromatic N) is 6. The monoisotopic (exact) mass is 1130 g/mol. The molecule has 12 aromatic carbocycles. The first kappa shape index (κ1) is 46.1. The molecule has 0 aliphatic heterocycles. The van der Waals surface area contributed by atoms with E-state index < -0.39 is 0 Å². The van der Waals surface area contributed by atoms with Crippen molar-refractivity contribution in [3.05, 3.63) is 255 Å². The Morgan fingerprint density at radius 3 is 1.12 bits per heavy atom. The predicted octanol–water partition coefficient (Wildman–Crippen LogP) is 17.1. The molecule has 0 amide bonds. The summed E-state index contributed by atoms with van der Waals surface area (Å²) in [6.45, 7) is 0. The van der Waals surface area contributed by atoms with Gasteiger partial charge in [-0.15, -0.1) is 0 Å². The summed E-state index contributed by atoms with van der Waals surface area (Å²) in [6.07, 6.45) is 0. The fourth-order valence-electron chi connectivity index (χ4n) is 11.0. The van der Waals surface area contributed by atoms with E-state index >= 15 is 0 Å². The van der Waals surface area contributed by atoms with E-state index in [-0.39, 0.29) is 29.0 Å². The van der Waals surface area contributed by atoms with Crippen molar-refractivity contribution in [3.8, 4) is 68.3 Å². The van der Waals surface area contributed by atoms with E-state index in [4.69, 9.17) is 29.9 Å². The zero-order valence-electron chi connectivity index (χ0n) is 41.7. The third-order valence-corrected chi connectivity index (χ3v) is 19.8. The van der Waals surface area contributed by atoms with Crippen molar-refractivity contribution in [1.29, 1.82) is 0 Å². The van der Waals surface area contributed by atoms with E-state index in [1.54, 1.807) is 0 Å². The molecule has 16 rings (SSSR count). The van der Waals surface area contributed by atoms with Crippen LogP contribution in [0, 0.1) is 0 Å². The summed E-state index contributed by atoms with van der Waals surface area (Å²) >= 11 is 0.387. The molecule has 0 bridgehead atoms. The van der Waals surface area contributed by atoms with Gasteiger partial charge in [0.25, 0.3) is 0 Å². The maximum atomic E-state index is 5.18. The molecule has 0 spiro atoms. The van der Waals surface area contributed by atoms with Gasteiger partial charge in [0.05, 0.1) is 0 Å². The van der Waals surface area contributed by atoms with E-state index in [9.17, 15) is 0 Å². The first-order chi connectivity index (χ1) is 38.7. The molecule has 0 aliphatic rings. The van der Waals surface area contributed by atoms with Gasteiger partial charge in [0.2, 0.25) is 0 Å². The second-order valence-corrected chi connectivity index (χ2v) is 23.7. The topological polar surface area (TPSA) is 77.3 Å². The maximum absolute atomic E-state index is 5.18. The second-order valence-electron chi connectivity index (χ2n) is 19.3. The molecule has 8 heteroatoms. The van der Waals surface area contributed by atoms with E-state index in [1.807, 2.05) is 36.4 Å². The summed E-state index contributed by atoms with van der Waals surface area (Å²) in [5, 5.41) is 14.8. The van der Waals surface area contributed by atoms with Gasteiger partial charge in [-0.25, -0.2) is 0 Å². The Morgan fingerprint density at radius 1 is 0.205 bits per heavy atom. The van der Waals surface area contributed by atoms with Gasteiger partial charge in [-0.05, 0) is 0 Å². The first-order valence-electron chi connectivity index (χ1n) is 25.9. The summed E-state index contributed by atoms with van der Waals surface area (Å²) in [5.74, 6) is 4.22. The van der Waals surface area contributed by atoms with Crippen LogP contribution >= 0.6 is 0 Å². The zero-order chi connectivity index (χ0) is 51.5. The van der Waals surface area contributed by atoms with Crippen LogP contribution in [0.1, 0.15) is 0 Å². The molecular formula is C70H42N6Se2. The Balaban J connectivity index is 0.000000136. The SMILES string of the molecule is c1ccc(-c2nc(-c3cc4ccccc4c4ccccc34)nc(-c3cccc4c3[se]c3ccccc34)n2)cc1.c1ccc(-c2nc(-c3cccc4c3ccc3ccccc34)nc(-c3cccc4c3[se]c3ccccc34)n2)cc1. The van der Waals surface area contributed by atoms with Crippen LogP contribution < -0.4 is 0 Å². The van der Waals surface area contributed by atoms with Crippen molar-refractivity contribution in [2.45, 2.75) is 0 Å². The summed E-state index contributed by atoms with van der Waals surface area (Å²) in [4.78, 5) is 30.6. The molecule has 0 N–H and O–H groups in total. The van der Waals surface area contributed by atoms with Crippen molar-refractivity contribution in [1.82, 2.24) is 29.9 Å². The van der Waals surface area contributed by atoms with Gasteiger partial charge in [0.15, 0.2) is 0 Å². The second kappa shape index (κ2) is 19.4. The molecule has 0 aliphatic carbocycles. The van der Waals surface area contributed by atoms with Gasteiger partial charge < -0.3 is 0 Å². The minimum atomic E-state index is 0.192. The fraction of sp³-hybridized carbons (Fsp3) is 0. The first-order valence-corrected chi connectivity index (χ1v) is 29.4. The van der Waals surface area contributed by atoms with Crippen LogP contribution in [0.2, 0.25) is 0 Å². The van der Waals surface area contributed by atoms with E-state index in [0.29, 0.717) is 23.3 Å². The Bertz CT molecular complexity index is 4970. The van der Waals surface area contributed by atoms with Gasteiger partial charge in [-0.3, -0.25) is 0 Å². The van der Waals surface area contributed by atoms with Crippen molar-refractivity contribution >= 4 is 111 Å². The van der Waals surface area contributed by atoms with Crippen LogP contribution in [0.15, 0.2) is 255 Å². The molecule has 0 saturated carbocycles. The van der Waals surface area contributed by atoms with E-state index in [0.717, 1.165) is 55.8 Å². The van der Waals surface area contributed by atoms with Gasteiger partial charge in [-0.2, -0.15) is 0 Å². The van der Waals surface area contributed by atoms with E-state index in [1.165, 1.54) is 70.9 Å². The average molecular weight is 1130 g/mol. The third-order valence-electron chi connectivity index (χ3n) is 14.7. The Labute approximate surface area is 460 Å². The molecule has 4 heterocycles. The normalized spacial score (nSPS) is 11.6. The van der Waals surface area contributed by atoms with Crippen LogP contribution in [0.25, 0.3) is 150 Å². The Morgan fingerprint density at radius 2 is 0.564 bits per heavy atom. The quantitative estimate of drug-likeness (QED) is 0.122. The summed E-state index contributed by atoms with van der Waals surface area (Å²) < 4.78 is 5.49. The molecule has 0 saturated heterocycles. The molecule has 0 unspecified atom stereocenters. The molecule has 4 aromatic heterocycles. The van der Waals surface area contributed by atoms with Crippen molar-refractivity contribution in [2.24, 2.45) is 0 Å². The van der Waals surface area contributed by atoms with Crippen molar-refractivity contribution in [2.75, 3.05) is 0 Å².